The van der Waals surface area contributed by atoms with Gasteiger partial charge in [0.05, 0.1) is 0 Å². The molecule has 2 N–H and O–H groups in total. The van der Waals surface area contributed by atoms with Crippen LogP contribution in [0.5, 0.6) is 0 Å². The summed E-state index contributed by atoms with van der Waals surface area (Å²) in [5, 5.41) is 4.26. The van der Waals surface area contributed by atoms with Crippen molar-refractivity contribution in [1.82, 2.24) is 10.6 Å². The second kappa shape index (κ2) is 6.18. The molecule has 1 aliphatic heterocycles. The van der Waals surface area contributed by atoms with Crippen molar-refractivity contribution in [2.24, 2.45) is 0 Å². The highest BCUT2D eigenvalue weighted by atomic mass is 16.6. The normalized spacial score (nSPS) is 18.6. The van der Waals surface area contributed by atoms with Gasteiger partial charge in [0.1, 0.15) is 18.2 Å². The Morgan fingerprint density at radius 3 is 2.30 bits per heavy atom. The molecule has 1 atom stereocenters. The number of nitrogens with one attached hydrogen (secondary N) is 2. The van der Waals surface area contributed by atoms with Crippen molar-refractivity contribution < 1.29 is 28.7 Å². The Labute approximate surface area is 115 Å². The Morgan fingerprint density at radius 1 is 1.20 bits per heavy atom. The zero-order valence-corrected chi connectivity index (χ0v) is 11.4. The molecule has 0 saturated carbocycles. The molecular weight excluding hydrogens is 268 g/mol. The van der Waals surface area contributed by atoms with Crippen LogP contribution in [-0.2, 0) is 23.9 Å². The van der Waals surface area contributed by atoms with E-state index in [2.05, 4.69) is 5.32 Å². The van der Waals surface area contributed by atoms with Crippen molar-refractivity contribution in [3.05, 3.63) is 12.2 Å². The van der Waals surface area contributed by atoms with E-state index < -0.39 is 35.5 Å². The second-order valence-electron chi connectivity index (χ2n) is 5.01. The van der Waals surface area contributed by atoms with Gasteiger partial charge >= 0.3 is 18.0 Å². The van der Waals surface area contributed by atoms with Gasteiger partial charge in [-0.05, 0) is 20.8 Å². The van der Waals surface area contributed by atoms with Gasteiger partial charge in [-0.15, -0.1) is 0 Å². The minimum Gasteiger partial charge on any atom is -0.460 e. The van der Waals surface area contributed by atoms with Gasteiger partial charge < -0.3 is 14.8 Å². The van der Waals surface area contributed by atoms with Gasteiger partial charge in [-0.25, -0.2) is 14.4 Å². The first-order valence-corrected chi connectivity index (χ1v) is 5.86. The summed E-state index contributed by atoms with van der Waals surface area (Å²) in [6.45, 7) is 4.77. The van der Waals surface area contributed by atoms with E-state index in [1.54, 1.807) is 20.8 Å². The van der Waals surface area contributed by atoms with Crippen molar-refractivity contribution >= 4 is 23.9 Å². The average Bonchev–Trinajstić information content (AvgIpc) is 2.60. The van der Waals surface area contributed by atoms with Gasteiger partial charge in [-0.3, -0.25) is 10.1 Å². The van der Waals surface area contributed by atoms with Gasteiger partial charge in [0, 0.05) is 12.2 Å². The molecule has 20 heavy (non-hydrogen) atoms. The molecule has 1 aliphatic rings. The van der Waals surface area contributed by atoms with Crippen molar-refractivity contribution in [3.63, 3.8) is 0 Å². The maximum absolute atomic E-state index is 11.3. The van der Waals surface area contributed by atoms with Crippen LogP contribution in [0.25, 0.3) is 0 Å². The lowest BCUT2D eigenvalue weighted by Crippen LogP contribution is -2.34. The summed E-state index contributed by atoms with van der Waals surface area (Å²) < 4.78 is 9.66. The average molecular weight is 284 g/mol. The predicted molar refractivity (Wildman–Crippen MR) is 66.4 cm³/mol. The molecule has 0 spiro atoms. The molecule has 1 fully saturated rings. The van der Waals surface area contributed by atoms with Crippen molar-refractivity contribution in [1.29, 1.82) is 0 Å². The summed E-state index contributed by atoms with van der Waals surface area (Å²) >= 11 is 0. The maximum Gasteiger partial charge on any atom is 0.331 e. The zero-order chi connectivity index (χ0) is 15.3. The molecule has 110 valence electrons. The minimum atomic E-state index is -0.915. The highest BCUT2D eigenvalue weighted by molar-refractivity contribution is 6.04. The molecule has 1 heterocycles. The molecule has 0 aromatic heterocycles. The van der Waals surface area contributed by atoms with Crippen molar-refractivity contribution in [2.75, 3.05) is 6.61 Å². The van der Waals surface area contributed by atoms with E-state index in [1.165, 1.54) is 0 Å². The van der Waals surface area contributed by atoms with Crippen LogP contribution in [0.3, 0.4) is 0 Å². The summed E-state index contributed by atoms with van der Waals surface area (Å²) in [7, 11) is 0. The molecule has 1 unspecified atom stereocenters. The number of carbonyl (C=O) groups is 4. The molecular formula is C12H16N2O6. The molecule has 0 bridgehead atoms. The van der Waals surface area contributed by atoms with Gasteiger partial charge in [-0.1, -0.05) is 0 Å². The van der Waals surface area contributed by atoms with Crippen molar-refractivity contribution in [2.45, 2.75) is 32.4 Å². The van der Waals surface area contributed by atoms with Crippen LogP contribution in [0.4, 0.5) is 4.79 Å². The Kier molecular flexibility index (Phi) is 4.84. The highest BCUT2D eigenvalue weighted by Crippen LogP contribution is 2.07. The number of hydrogen-bond donors (Lipinski definition) is 2. The molecule has 8 nitrogen and oxygen atoms in total. The van der Waals surface area contributed by atoms with Crippen LogP contribution in [-0.4, -0.2) is 42.1 Å². The summed E-state index contributed by atoms with van der Waals surface area (Å²) in [4.78, 5) is 44.5. The van der Waals surface area contributed by atoms with E-state index >= 15 is 0 Å². The first-order valence-electron chi connectivity index (χ1n) is 5.86. The number of rotatable bonds is 4. The van der Waals surface area contributed by atoms with E-state index in [-0.39, 0.29) is 6.61 Å². The van der Waals surface area contributed by atoms with E-state index in [4.69, 9.17) is 9.47 Å². The summed E-state index contributed by atoms with van der Waals surface area (Å²) in [5.74, 6) is -2.06. The van der Waals surface area contributed by atoms with E-state index in [0.717, 1.165) is 12.2 Å². The number of amides is 3. The number of ether oxygens (including phenoxy) is 2. The number of carbonyl (C=O) groups excluding carboxylic acids is 4. The Balaban J connectivity index is 2.35. The van der Waals surface area contributed by atoms with Crippen LogP contribution in [0, 0.1) is 0 Å². The molecule has 0 radical (unpaired) electrons. The smallest absolute Gasteiger partial charge is 0.331 e. The van der Waals surface area contributed by atoms with Gasteiger partial charge in [-0.2, -0.15) is 0 Å². The quantitative estimate of drug-likeness (QED) is 0.414. The first-order chi connectivity index (χ1) is 9.17. The van der Waals surface area contributed by atoms with Crippen LogP contribution < -0.4 is 10.6 Å². The van der Waals surface area contributed by atoms with E-state index in [0.29, 0.717) is 0 Å². The molecule has 0 aromatic rings. The molecule has 0 aliphatic carbocycles. The maximum atomic E-state index is 11.3. The topological polar surface area (TPSA) is 111 Å². The van der Waals surface area contributed by atoms with Crippen LogP contribution in [0.1, 0.15) is 20.8 Å². The third-order valence-corrected chi connectivity index (χ3v) is 2.01. The summed E-state index contributed by atoms with van der Waals surface area (Å²) in [6, 6.07) is -1.55. The molecule has 3 amide bonds. The van der Waals surface area contributed by atoms with Crippen LogP contribution in [0.2, 0.25) is 0 Å². The van der Waals surface area contributed by atoms with Gasteiger partial charge in [0.15, 0.2) is 0 Å². The number of urea groups is 1. The number of imide groups is 1. The second-order valence-corrected chi connectivity index (χ2v) is 5.01. The number of hydrogen-bond acceptors (Lipinski definition) is 6. The lowest BCUT2D eigenvalue weighted by atomic mass is 10.2. The largest absolute Gasteiger partial charge is 0.460 e. The lowest BCUT2D eigenvalue weighted by Gasteiger charge is -2.17. The van der Waals surface area contributed by atoms with E-state index in [9.17, 15) is 19.2 Å². The standard InChI is InChI=1S/C12H16N2O6/c1-12(2,3)20-9(16)5-4-8(15)19-6-7-10(17)14-11(18)13-7/h4-5,7H,6H2,1-3H3,(H2,13,14,17,18)/b5-4+. The first kappa shape index (κ1) is 15.7. The third kappa shape index (κ3) is 5.51. The van der Waals surface area contributed by atoms with Crippen LogP contribution >= 0.6 is 0 Å². The molecule has 8 heteroatoms. The summed E-state index contributed by atoms with van der Waals surface area (Å²) in [5.41, 5.74) is -0.655. The summed E-state index contributed by atoms with van der Waals surface area (Å²) in [6.07, 6.45) is 1.82. The monoisotopic (exact) mass is 284 g/mol. The highest BCUT2D eigenvalue weighted by Gasteiger charge is 2.30. The zero-order valence-electron chi connectivity index (χ0n) is 11.4. The lowest BCUT2D eigenvalue weighted by molar-refractivity contribution is -0.149. The Morgan fingerprint density at radius 2 is 1.80 bits per heavy atom. The van der Waals surface area contributed by atoms with Crippen molar-refractivity contribution in [3.8, 4) is 0 Å². The Hall–Kier alpha value is -2.38. The fraction of sp³-hybridized carbons (Fsp3) is 0.500. The van der Waals surface area contributed by atoms with E-state index in [1.807, 2.05) is 5.32 Å². The molecule has 1 rings (SSSR count). The van der Waals surface area contributed by atoms with Gasteiger partial charge in [0.2, 0.25) is 0 Å². The number of esters is 2. The third-order valence-electron chi connectivity index (χ3n) is 2.01. The van der Waals surface area contributed by atoms with Crippen LogP contribution in [0.15, 0.2) is 12.2 Å². The molecule has 0 aromatic carbocycles. The molecule has 1 saturated heterocycles. The minimum absolute atomic E-state index is 0.310. The SMILES string of the molecule is CC(C)(C)OC(=O)/C=C/C(=O)OCC1NC(=O)NC1=O. The predicted octanol–water partition coefficient (Wildman–Crippen LogP) is -0.364. The van der Waals surface area contributed by atoms with Gasteiger partial charge in [0.25, 0.3) is 5.91 Å². The Bertz CT molecular complexity index is 463. The fourth-order valence-electron chi connectivity index (χ4n) is 1.26. The fourth-order valence-corrected chi connectivity index (χ4v) is 1.26.